The van der Waals surface area contributed by atoms with E-state index in [2.05, 4.69) is 10.9 Å². The van der Waals surface area contributed by atoms with Crippen molar-refractivity contribution in [2.45, 2.75) is 18.1 Å². The molecule has 1 aliphatic rings. The van der Waals surface area contributed by atoms with Crippen molar-refractivity contribution in [1.82, 2.24) is 10.9 Å². The molecule has 1 fully saturated rings. The lowest BCUT2D eigenvalue weighted by Crippen LogP contribution is -2.38. The highest BCUT2D eigenvalue weighted by Crippen LogP contribution is 2.26. The average molecular weight is 242 g/mol. The van der Waals surface area contributed by atoms with E-state index in [0.717, 1.165) is 10.6 Å². The molecule has 0 saturated carbocycles. The van der Waals surface area contributed by atoms with E-state index in [9.17, 15) is 0 Å². The number of rotatable bonds is 3. The molecule has 4 N–H and O–H groups in total. The molecule has 1 saturated heterocycles. The first-order chi connectivity index (χ1) is 7.72. The molecule has 0 spiro atoms. The van der Waals surface area contributed by atoms with Gasteiger partial charge in [0.25, 0.3) is 0 Å². The number of methoxy groups -OCH3 is 1. The molecule has 0 aromatic heterocycles. The topological polar surface area (TPSA) is 59.3 Å². The Morgan fingerprint density at radius 3 is 2.62 bits per heavy atom. The lowest BCUT2D eigenvalue weighted by molar-refractivity contribution is 0.165. The molecule has 0 bridgehead atoms. The summed E-state index contributed by atoms with van der Waals surface area (Å²) in [5.74, 6) is 0.192. The van der Waals surface area contributed by atoms with Crippen LogP contribution in [0.5, 0.6) is 0 Å². The largest absolute Gasteiger partial charge is 0.383 e. The molecule has 1 heterocycles. The third-order valence-corrected chi connectivity index (χ3v) is 3.11. The number of nitrogens with one attached hydrogen (secondary N) is 2. The van der Waals surface area contributed by atoms with Crippen LogP contribution in [-0.2, 0) is 4.74 Å². The van der Waals surface area contributed by atoms with Crippen LogP contribution in [0.1, 0.15) is 11.5 Å². The summed E-state index contributed by atoms with van der Waals surface area (Å²) in [5.41, 5.74) is 13.3. The molecular weight excluding hydrogens is 226 g/mol. The Morgan fingerprint density at radius 1 is 1.31 bits per heavy atom. The number of hydrazine groups is 1. The molecule has 3 unspecified atom stereocenters. The van der Waals surface area contributed by atoms with E-state index >= 15 is 0 Å². The average Bonchev–Trinajstić information content (AvgIpc) is 2.62. The molecule has 0 aliphatic carbocycles. The van der Waals surface area contributed by atoms with Gasteiger partial charge in [-0.1, -0.05) is 23.7 Å². The summed E-state index contributed by atoms with van der Waals surface area (Å²) in [6, 6.07) is 7.95. The lowest BCUT2D eigenvalue weighted by atomic mass is 9.91. The minimum atomic E-state index is -0.110. The van der Waals surface area contributed by atoms with Crippen LogP contribution in [0, 0.1) is 0 Å². The Bertz CT molecular complexity index is 342. The summed E-state index contributed by atoms with van der Waals surface area (Å²) in [5, 5.41) is 0.736. The standard InChI is InChI=1S/C11H16ClN3O/c1-16-6-9-10(11(13)15-14-9)7-2-4-8(12)5-3-7/h2-5,9-11,14-15H,6,13H2,1H3. The van der Waals surface area contributed by atoms with Gasteiger partial charge in [0.2, 0.25) is 0 Å². The van der Waals surface area contributed by atoms with E-state index in [1.807, 2.05) is 24.3 Å². The van der Waals surface area contributed by atoms with Crippen molar-refractivity contribution < 1.29 is 4.74 Å². The first-order valence-corrected chi connectivity index (χ1v) is 5.61. The van der Waals surface area contributed by atoms with Crippen LogP contribution >= 0.6 is 11.6 Å². The van der Waals surface area contributed by atoms with Gasteiger partial charge in [-0.05, 0) is 17.7 Å². The second-order valence-electron chi connectivity index (χ2n) is 3.95. The second kappa shape index (κ2) is 5.12. The monoisotopic (exact) mass is 241 g/mol. The predicted molar refractivity (Wildman–Crippen MR) is 64.1 cm³/mol. The van der Waals surface area contributed by atoms with E-state index in [1.165, 1.54) is 0 Å². The van der Waals surface area contributed by atoms with Crippen molar-refractivity contribution in [1.29, 1.82) is 0 Å². The molecule has 1 aliphatic heterocycles. The lowest BCUT2D eigenvalue weighted by Gasteiger charge is -2.20. The summed E-state index contributed by atoms with van der Waals surface area (Å²) in [4.78, 5) is 0. The minimum Gasteiger partial charge on any atom is -0.383 e. The van der Waals surface area contributed by atoms with Crippen LogP contribution in [0.2, 0.25) is 5.02 Å². The fraction of sp³-hybridized carbons (Fsp3) is 0.455. The Morgan fingerprint density at radius 2 is 2.00 bits per heavy atom. The summed E-state index contributed by atoms with van der Waals surface area (Å²) >= 11 is 5.87. The highest BCUT2D eigenvalue weighted by molar-refractivity contribution is 6.30. The molecule has 16 heavy (non-hydrogen) atoms. The third kappa shape index (κ3) is 2.36. The van der Waals surface area contributed by atoms with Crippen molar-refractivity contribution in [2.75, 3.05) is 13.7 Å². The first kappa shape index (κ1) is 11.8. The van der Waals surface area contributed by atoms with Gasteiger partial charge in [-0.25, -0.2) is 5.43 Å². The van der Waals surface area contributed by atoms with Gasteiger partial charge in [-0.15, -0.1) is 0 Å². The van der Waals surface area contributed by atoms with Crippen molar-refractivity contribution >= 4 is 11.6 Å². The summed E-state index contributed by atoms with van der Waals surface area (Å²) < 4.78 is 5.17. The summed E-state index contributed by atoms with van der Waals surface area (Å²) in [7, 11) is 1.68. The third-order valence-electron chi connectivity index (χ3n) is 2.86. The summed E-state index contributed by atoms with van der Waals surface area (Å²) in [6.45, 7) is 0.619. The van der Waals surface area contributed by atoms with Crippen molar-refractivity contribution in [3.8, 4) is 0 Å². The van der Waals surface area contributed by atoms with Gasteiger partial charge in [-0.3, -0.25) is 5.43 Å². The van der Waals surface area contributed by atoms with Crippen molar-refractivity contribution in [3.05, 3.63) is 34.9 Å². The van der Waals surface area contributed by atoms with Crippen LogP contribution < -0.4 is 16.6 Å². The fourth-order valence-electron chi connectivity index (χ4n) is 2.08. The zero-order valence-electron chi connectivity index (χ0n) is 9.11. The normalized spacial score (nSPS) is 29.6. The van der Waals surface area contributed by atoms with Crippen LogP contribution in [0.25, 0.3) is 0 Å². The van der Waals surface area contributed by atoms with Gasteiger partial charge in [0.15, 0.2) is 0 Å². The Hall–Kier alpha value is -0.650. The Kier molecular flexibility index (Phi) is 3.78. The number of ether oxygens (including phenoxy) is 1. The van der Waals surface area contributed by atoms with E-state index in [0.29, 0.717) is 6.61 Å². The van der Waals surface area contributed by atoms with Gasteiger partial charge >= 0.3 is 0 Å². The molecule has 1 aromatic carbocycles. The van der Waals surface area contributed by atoms with Crippen molar-refractivity contribution in [3.63, 3.8) is 0 Å². The Balaban J connectivity index is 2.19. The zero-order valence-corrected chi connectivity index (χ0v) is 9.87. The van der Waals surface area contributed by atoms with Crippen LogP contribution in [0.3, 0.4) is 0 Å². The molecule has 88 valence electrons. The number of benzene rings is 1. The first-order valence-electron chi connectivity index (χ1n) is 5.23. The molecule has 3 atom stereocenters. The van der Waals surface area contributed by atoms with Crippen LogP contribution in [-0.4, -0.2) is 25.9 Å². The number of hydrogen-bond acceptors (Lipinski definition) is 4. The van der Waals surface area contributed by atoms with Crippen LogP contribution in [0.15, 0.2) is 24.3 Å². The molecule has 0 radical (unpaired) electrons. The molecular formula is C11H16ClN3O. The molecule has 1 aromatic rings. The highest BCUT2D eigenvalue weighted by Gasteiger charge is 2.34. The fourth-order valence-corrected chi connectivity index (χ4v) is 2.21. The van der Waals surface area contributed by atoms with Crippen molar-refractivity contribution in [2.24, 2.45) is 5.73 Å². The van der Waals surface area contributed by atoms with E-state index < -0.39 is 0 Å². The van der Waals surface area contributed by atoms with Gasteiger partial charge in [0, 0.05) is 18.1 Å². The number of hydrogen-bond donors (Lipinski definition) is 3. The molecule has 2 rings (SSSR count). The molecule has 4 nitrogen and oxygen atoms in total. The number of halogens is 1. The molecule has 5 heteroatoms. The quantitative estimate of drug-likeness (QED) is 0.734. The number of nitrogens with two attached hydrogens (primary N) is 1. The van der Waals surface area contributed by atoms with Crippen LogP contribution in [0.4, 0.5) is 0 Å². The van der Waals surface area contributed by atoms with E-state index in [4.69, 9.17) is 22.1 Å². The second-order valence-corrected chi connectivity index (χ2v) is 4.39. The smallest absolute Gasteiger partial charge is 0.0765 e. The van der Waals surface area contributed by atoms with Gasteiger partial charge in [0.1, 0.15) is 0 Å². The Labute approximate surface area is 100 Å². The van der Waals surface area contributed by atoms with Gasteiger partial charge in [0.05, 0.1) is 18.8 Å². The van der Waals surface area contributed by atoms with Gasteiger partial charge < -0.3 is 10.5 Å². The van der Waals surface area contributed by atoms with E-state index in [1.54, 1.807) is 7.11 Å². The maximum atomic E-state index is 6.01. The van der Waals surface area contributed by atoms with E-state index in [-0.39, 0.29) is 18.1 Å². The highest BCUT2D eigenvalue weighted by atomic mass is 35.5. The maximum absolute atomic E-state index is 6.01. The summed E-state index contributed by atoms with van der Waals surface area (Å²) in [6.07, 6.45) is -0.110. The minimum absolute atomic E-state index is 0.110. The zero-order chi connectivity index (χ0) is 11.5. The van der Waals surface area contributed by atoms with Gasteiger partial charge in [-0.2, -0.15) is 0 Å². The SMILES string of the molecule is COCC1NNC(N)C1c1ccc(Cl)cc1. The molecule has 0 amide bonds. The predicted octanol–water partition coefficient (Wildman–Crippen LogP) is 0.831. The maximum Gasteiger partial charge on any atom is 0.0765 e.